The third-order valence-electron chi connectivity index (χ3n) is 5.34. The molecular weight excluding hydrogens is 452 g/mol. The highest BCUT2D eigenvalue weighted by Crippen LogP contribution is 2.27. The Morgan fingerprint density at radius 2 is 1.66 bits per heavy atom. The van der Waals surface area contributed by atoms with E-state index in [1.165, 1.54) is 12.1 Å². The lowest BCUT2D eigenvalue weighted by Crippen LogP contribution is -2.31. The molecule has 1 aliphatic rings. The summed E-state index contributed by atoms with van der Waals surface area (Å²) >= 11 is 0. The number of benzene rings is 2. The number of aryl methyl sites for hydroxylation is 2. The van der Waals surface area contributed by atoms with Crippen molar-refractivity contribution < 1.29 is 19.3 Å². The molecule has 1 aromatic heterocycles. The minimum atomic E-state index is -0.621. The summed E-state index contributed by atoms with van der Waals surface area (Å²) in [7, 11) is 0. The number of non-ortho nitro benzene ring substituents is 1. The number of nitro benzene ring substituents is 1. The second kappa shape index (κ2) is 9.67. The quantitative estimate of drug-likeness (QED) is 0.285. The molecule has 0 radical (unpaired) electrons. The van der Waals surface area contributed by atoms with E-state index in [1.54, 1.807) is 18.2 Å². The lowest BCUT2D eigenvalue weighted by Gasteiger charge is -2.13. The highest BCUT2D eigenvalue weighted by atomic mass is 16.6. The molecule has 0 spiro atoms. The molecule has 0 atom stereocenters. The standard InChI is InChI=1S/C24H22N6O5/c1-14-11-15(2)26-24(25-14)28-17-6-3-5-16(12-17)27-21(31)7-4-10-29-22(32)19-9-8-18(30(34)35)13-20(19)23(29)33/h3,5-6,8-9,11-13H,4,7,10H2,1-2H3,(H,27,31)(H,25,26,28). The Morgan fingerprint density at radius 3 is 2.37 bits per heavy atom. The number of amides is 3. The van der Waals surface area contributed by atoms with Gasteiger partial charge in [0.1, 0.15) is 0 Å². The molecule has 3 aromatic rings. The molecule has 0 aliphatic carbocycles. The molecule has 0 saturated carbocycles. The monoisotopic (exact) mass is 474 g/mol. The first kappa shape index (κ1) is 23.5. The molecule has 1 aliphatic heterocycles. The highest BCUT2D eigenvalue weighted by Gasteiger charge is 2.36. The summed E-state index contributed by atoms with van der Waals surface area (Å²) in [6.45, 7) is 3.78. The summed E-state index contributed by atoms with van der Waals surface area (Å²) < 4.78 is 0. The molecule has 2 aromatic carbocycles. The van der Waals surface area contributed by atoms with Gasteiger partial charge in [-0.15, -0.1) is 0 Å². The van der Waals surface area contributed by atoms with Gasteiger partial charge in [-0.05, 0) is 50.6 Å². The molecule has 4 rings (SSSR count). The smallest absolute Gasteiger partial charge is 0.270 e. The van der Waals surface area contributed by atoms with Gasteiger partial charge in [-0.1, -0.05) is 6.07 Å². The van der Waals surface area contributed by atoms with Gasteiger partial charge in [0.15, 0.2) is 0 Å². The molecule has 35 heavy (non-hydrogen) atoms. The van der Waals surface area contributed by atoms with E-state index in [0.717, 1.165) is 22.4 Å². The van der Waals surface area contributed by atoms with Gasteiger partial charge in [0.2, 0.25) is 11.9 Å². The number of nitro groups is 1. The predicted molar refractivity (Wildman–Crippen MR) is 128 cm³/mol. The van der Waals surface area contributed by atoms with Crippen LogP contribution in [0.1, 0.15) is 44.9 Å². The number of hydrogen-bond donors (Lipinski definition) is 2. The summed E-state index contributed by atoms with van der Waals surface area (Å²) in [5.74, 6) is -0.941. The molecule has 0 unspecified atom stereocenters. The number of nitrogens with one attached hydrogen (secondary N) is 2. The molecule has 0 saturated heterocycles. The van der Waals surface area contributed by atoms with Crippen molar-refractivity contribution in [3.63, 3.8) is 0 Å². The Hall–Kier alpha value is -4.67. The minimum Gasteiger partial charge on any atom is -0.326 e. The van der Waals surface area contributed by atoms with Crippen LogP contribution in [0.25, 0.3) is 0 Å². The maximum absolute atomic E-state index is 12.5. The van der Waals surface area contributed by atoms with E-state index in [0.29, 0.717) is 17.3 Å². The normalized spacial score (nSPS) is 12.5. The zero-order chi connectivity index (χ0) is 25.1. The largest absolute Gasteiger partial charge is 0.326 e. The summed E-state index contributed by atoms with van der Waals surface area (Å²) in [6, 6.07) is 12.5. The van der Waals surface area contributed by atoms with Crippen LogP contribution in [0.15, 0.2) is 48.5 Å². The lowest BCUT2D eigenvalue weighted by atomic mass is 10.1. The average molecular weight is 474 g/mol. The molecule has 3 amide bonds. The van der Waals surface area contributed by atoms with Crippen LogP contribution in [0.2, 0.25) is 0 Å². The fraction of sp³-hybridized carbons (Fsp3) is 0.208. The van der Waals surface area contributed by atoms with Crippen molar-refractivity contribution in [3.05, 3.63) is 81.2 Å². The maximum atomic E-state index is 12.5. The summed E-state index contributed by atoms with van der Waals surface area (Å²) in [4.78, 5) is 57.5. The second-order valence-electron chi connectivity index (χ2n) is 8.08. The van der Waals surface area contributed by atoms with Gasteiger partial charge in [-0.2, -0.15) is 0 Å². The van der Waals surface area contributed by atoms with E-state index in [4.69, 9.17) is 0 Å². The van der Waals surface area contributed by atoms with Crippen molar-refractivity contribution in [1.82, 2.24) is 14.9 Å². The Balaban J connectivity index is 1.32. The summed E-state index contributed by atoms with van der Waals surface area (Å²) in [5, 5.41) is 16.9. The van der Waals surface area contributed by atoms with Crippen LogP contribution >= 0.6 is 0 Å². The van der Waals surface area contributed by atoms with E-state index < -0.39 is 16.7 Å². The second-order valence-corrected chi connectivity index (χ2v) is 8.08. The summed E-state index contributed by atoms with van der Waals surface area (Å²) in [6.07, 6.45) is 0.319. The molecule has 178 valence electrons. The Labute approximate surface area is 200 Å². The minimum absolute atomic E-state index is 0.00532. The van der Waals surface area contributed by atoms with Crippen LogP contribution in [0.5, 0.6) is 0 Å². The Morgan fingerprint density at radius 1 is 0.971 bits per heavy atom. The zero-order valence-electron chi connectivity index (χ0n) is 19.1. The molecule has 2 N–H and O–H groups in total. The molecule has 0 bridgehead atoms. The number of carbonyl (C=O) groups is 3. The van der Waals surface area contributed by atoms with Crippen LogP contribution < -0.4 is 10.6 Å². The topological polar surface area (TPSA) is 147 Å². The first-order valence-electron chi connectivity index (χ1n) is 10.8. The van der Waals surface area contributed by atoms with Gasteiger partial charge in [0, 0.05) is 47.9 Å². The first-order valence-corrected chi connectivity index (χ1v) is 10.8. The van der Waals surface area contributed by atoms with Crippen LogP contribution in [-0.4, -0.2) is 44.1 Å². The van der Waals surface area contributed by atoms with E-state index in [1.807, 2.05) is 26.0 Å². The predicted octanol–water partition coefficient (Wildman–Crippen LogP) is 3.76. The van der Waals surface area contributed by atoms with Crippen molar-refractivity contribution in [3.8, 4) is 0 Å². The summed E-state index contributed by atoms with van der Waals surface area (Å²) in [5.41, 5.74) is 2.81. The van der Waals surface area contributed by atoms with Gasteiger partial charge < -0.3 is 10.6 Å². The van der Waals surface area contributed by atoms with Gasteiger partial charge in [-0.25, -0.2) is 9.97 Å². The average Bonchev–Trinajstić information content (AvgIpc) is 3.03. The number of imide groups is 1. The number of hydrogen-bond acceptors (Lipinski definition) is 8. The van der Waals surface area contributed by atoms with Crippen LogP contribution in [0.3, 0.4) is 0 Å². The van der Waals surface area contributed by atoms with Gasteiger partial charge in [-0.3, -0.25) is 29.4 Å². The van der Waals surface area contributed by atoms with E-state index >= 15 is 0 Å². The van der Waals surface area contributed by atoms with Crippen LogP contribution in [-0.2, 0) is 4.79 Å². The number of rotatable bonds is 8. The number of nitrogens with zero attached hydrogens (tertiary/aromatic N) is 4. The van der Waals surface area contributed by atoms with Crippen LogP contribution in [0.4, 0.5) is 23.0 Å². The number of carbonyl (C=O) groups excluding carboxylic acids is 3. The SMILES string of the molecule is Cc1cc(C)nc(Nc2cccc(NC(=O)CCCN3C(=O)c4ccc([N+](=O)[O-])cc4C3=O)c2)n1. The first-order chi connectivity index (χ1) is 16.7. The fourth-order valence-electron chi connectivity index (χ4n) is 3.80. The van der Waals surface area contributed by atoms with Crippen LogP contribution in [0, 0.1) is 24.0 Å². The fourth-order valence-corrected chi connectivity index (χ4v) is 3.80. The lowest BCUT2D eigenvalue weighted by molar-refractivity contribution is -0.384. The molecule has 0 fully saturated rings. The molecular formula is C24H22N6O5. The van der Waals surface area contributed by atoms with Crippen molar-refractivity contribution in [2.24, 2.45) is 0 Å². The van der Waals surface area contributed by atoms with E-state index in [-0.39, 0.29) is 42.1 Å². The highest BCUT2D eigenvalue weighted by molar-refractivity contribution is 6.21. The zero-order valence-corrected chi connectivity index (χ0v) is 19.1. The number of anilines is 3. The number of fused-ring (bicyclic) bond motifs is 1. The van der Waals surface area contributed by atoms with Crippen molar-refractivity contribution in [2.45, 2.75) is 26.7 Å². The Bertz CT molecular complexity index is 1340. The third-order valence-corrected chi connectivity index (χ3v) is 5.34. The van der Waals surface area contributed by atoms with E-state index in [2.05, 4.69) is 20.6 Å². The van der Waals surface area contributed by atoms with Gasteiger partial charge in [0.05, 0.1) is 16.1 Å². The maximum Gasteiger partial charge on any atom is 0.270 e. The van der Waals surface area contributed by atoms with Crippen molar-refractivity contribution in [1.29, 1.82) is 0 Å². The molecule has 2 heterocycles. The number of aromatic nitrogens is 2. The van der Waals surface area contributed by atoms with Gasteiger partial charge >= 0.3 is 0 Å². The van der Waals surface area contributed by atoms with Gasteiger partial charge in [0.25, 0.3) is 17.5 Å². The van der Waals surface area contributed by atoms with Crippen molar-refractivity contribution in [2.75, 3.05) is 17.2 Å². The third kappa shape index (κ3) is 5.29. The van der Waals surface area contributed by atoms with Crippen molar-refractivity contribution >= 4 is 40.7 Å². The molecule has 11 nitrogen and oxygen atoms in total. The van der Waals surface area contributed by atoms with E-state index in [9.17, 15) is 24.5 Å². The molecule has 11 heteroatoms. The Kier molecular flexibility index (Phi) is 6.49.